The lowest BCUT2D eigenvalue weighted by molar-refractivity contribution is -0.152. The summed E-state index contributed by atoms with van der Waals surface area (Å²) in [6.07, 6.45) is 0.596. The number of aliphatic carboxylic acids is 1. The average Bonchev–Trinajstić information content (AvgIpc) is 3.55. The number of carboxylic acids is 1. The molecule has 0 saturated carbocycles. The van der Waals surface area contributed by atoms with E-state index in [0.717, 1.165) is 27.3 Å². The van der Waals surface area contributed by atoms with Gasteiger partial charge < -0.3 is 20.1 Å². The first-order valence-electron chi connectivity index (χ1n) is 15.1. The topological polar surface area (TPSA) is 78.9 Å². The highest BCUT2D eigenvalue weighted by atomic mass is 32.2. The molecule has 6 nitrogen and oxygen atoms in total. The van der Waals surface area contributed by atoms with Crippen molar-refractivity contribution in [1.82, 2.24) is 10.2 Å². The second kappa shape index (κ2) is 12.0. The molecule has 43 heavy (non-hydrogen) atoms. The Morgan fingerprint density at radius 1 is 0.977 bits per heavy atom. The standard InChI is InChI=1S/C36H44N2O4S/c1-35(2,3)25-17-18-26(42-7)24(19-25)21-37-30-29(36(4,5)6)32(34(40)41)38(31(30)22-13-9-8-10-14-22)33(39)28-20-23-15-11-12-16-27(23)43-28/h8-19,28-32,37H,20-21H2,1-7H3,(H,40,41)/t28?,29-,30-,31-,32-/m0/s1. The number of hydrogen-bond donors (Lipinski definition) is 2. The number of thioether (sulfide) groups is 1. The van der Waals surface area contributed by atoms with Crippen molar-refractivity contribution in [3.8, 4) is 5.75 Å². The highest BCUT2D eigenvalue weighted by Gasteiger charge is 2.58. The van der Waals surface area contributed by atoms with Gasteiger partial charge in [-0.2, -0.15) is 0 Å². The van der Waals surface area contributed by atoms with Gasteiger partial charge >= 0.3 is 5.97 Å². The zero-order valence-electron chi connectivity index (χ0n) is 26.3. The maximum Gasteiger partial charge on any atom is 0.326 e. The van der Waals surface area contributed by atoms with Crippen molar-refractivity contribution < 1.29 is 19.4 Å². The van der Waals surface area contributed by atoms with Gasteiger partial charge in [0.15, 0.2) is 0 Å². The summed E-state index contributed by atoms with van der Waals surface area (Å²) in [6.45, 7) is 13.3. The van der Waals surface area contributed by atoms with E-state index in [9.17, 15) is 14.7 Å². The van der Waals surface area contributed by atoms with Gasteiger partial charge in [-0.3, -0.25) is 4.79 Å². The Labute approximate surface area is 260 Å². The van der Waals surface area contributed by atoms with Crippen LogP contribution in [0.1, 0.15) is 69.8 Å². The van der Waals surface area contributed by atoms with E-state index >= 15 is 0 Å². The first kappa shape index (κ1) is 31.1. The van der Waals surface area contributed by atoms with Crippen LogP contribution in [-0.2, 0) is 28.0 Å². The van der Waals surface area contributed by atoms with Crippen LogP contribution in [-0.4, -0.2) is 46.3 Å². The molecule has 0 aliphatic carbocycles. The van der Waals surface area contributed by atoms with E-state index in [1.807, 2.05) is 54.6 Å². The summed E-state index contributed by atoms with van der Waals surface area (Å²) in [7, 11) is 1.67. The maximum atomic E-state index is 14.6. The molecule has 2 aliphatic rings. The number of hydrogen-bond acceptors (Lipinski definition) is 5. The number of fused-ring (bicyclic) bond motifs is 1. The van der Waals surface area contributed by atoms with Crippen LogP contribution >= 0.6 is 11.8 Å². The highest BCUT2D eigenvalue weighted by Crippen LogP contribution is 2.50. The lowest BCUT2D eigenvalue weighted by Crippen LogP contribution is -2.49. The number of amides is 1. The fourth-order valence-electron chi connectivity index (χ4n) is 6.82. The molecule has 0 radical (unpaired) electrons. The molecule has 3 aromatic carbocycles. The van der Waals surface area contributed by atoms with Gasteiger partial charge in [-0.15, -0.1) is 11.8 Å². The largest absolute Gasteiger partial charge is 0.496 e. The normalized spacial score (nSPS) is 23.7. The van der Waals surface area contributed by atoms with Gasteiger partial charge in [0.1, 0.15) is 11.8 Å². The van der Waals surface area contributed by atoms with Gasteiger partial charge in [0.2, 0.25) is 5.91 Å². The van der Waals surface area contributed by atoms with E-state index in [0.29, 0.717) is 13.0 Å². The predicted molar refractivity (Wildman–Crippen MR) is 173 cm³/mol. The molecular weight excluding hydrogens is 556 g/mol. The monoisotopic (exact) mass is 600 g/mol. The summed E-state index contributed by atoms with van der Waals surface area (Å²) < 4.78 is 5.75. The van der Waals surface area contributed by atoms with E-state index in [-0.39, 0.29) is 28.5 Å². The SMILES string of the molecule is COc1ccc(C(C)(C)C)cc1CN[C@H]1[C@H](C(C)(C)C)[C@@H](C(=O)O)N(C(=O)C2Cc3ccccc3S2)[C@H]1c1ccccc1. The van der Waals surface area contributed by atoms with Gasteiger partial charge in [0, 0.05) is 29.0 Å². The number of likely N-dealkylation sites (tertiary alicyclic amines) is 1. The Balaban J connectivity index is 1.58. The minimum atomic E-state index is -0.984. The Kier molecular flexibility index (Phi) is 8.70. The number of benzene rings is 3. The molecule has 1 fully saturated rings. The Hall–Kier alpha value is -3.29. The average molecular weight is 601 g/mol. The summed E-state index contributed by atoms with van der Waals surface area (Å²) >= 11 is 1.55. The molecule has 5 atom stereocenters. The van der Waals surface area contributed by atoms with Crippen molar-refractivity contribution >= 4 is 23.6 Å². The Morgan fingerprint density at radius 2 is 1.65 bits per heavy atom. The molecule has 228 valence electrons. The van der Waals surface area contributed by atoms with Crippen molar-refractivity contribution in [2.24, 2.45) is 11.3 Å². The first-order chi connectivity index (χ1) is 20.3. The molecule has 1 amide bonds. The summed E-state index contributed by atoms with van der Waals surface area (Å²) in [4.78, 5) is 30.6. The van der Waals surface area contributed by atoms with Crippen molar-refractivity contribution in [1.29, 1.82) is 0 Å². The molecule has 2 aliphatic heterocycles. The number of rotatable bonds is 7. The molecule has 1 saturated heterocycles. The Bertz CT molecular complexity index is 1450. The van der Waals surface area contributed by atoms with Crippen LogP contribution in [0.15, 0.2) is 77.7 Å². The van der Waals surface area contributed by atoms with E-state index in [4.69, 9.17) is 4.74 Å². The molecule has 3 aromatic rings. The first-order valence-corrected chi connectivity index (χ1v) is 15.9. The molecule has 0 bridgehead atoms. The summed E-state index contributed by atoms with van der Waals surface area (Å²) in [5.74, 6) is -0.658. The van der Waals surface area contributed by atoms with Crippen LogP contribution in [0, 0.1) is 11.3 Å². The fourth-order valence-corrected chi connectivity index (χ4v) is 8.08. The minimum absolute atomic E-state index is 0.0386. The van der Waals surface area contributed by atoms with Crippen LogP contribution in [0.5, 0.6) is 5.75 Å². The molecule has 7 heteroatoms. The van der Waals surface area contributed by atoms with E-state index < -0.39 is 23.5 Å². The minimum Gasteiger partial charge on any atom is -0.496 e. The van der Waals surface area contributed by atoms with Crippen molar-refractivity contribution in [3.05, 3.63) is 95.1 Å². The summed E-state index contributed by atoms with van der Waals surface area (Å²) in [6, 6.07) is 22.5. The fraction of sp³-hybridized carbons (Fsp3) is 0.444. The lowest BCUT2D eigenvalue weighted by Gasteiger charge is -2.35. The second-order valence-corrected chi connectivity index (χ2v) is 15.1. The van der Waals surface area contributed by atoms with Crippen molar-refractivity contribution in [3.63, 3.8) is 0 Å². The van der Waals surface area contributed by atoms with Gasteiger partial charge in [0.05, 0.1) is 18.4 Å². The maximum absolute atomic E-state index is 14.6. The van der Waals surface area contributed by atoms with E-state index in [2.05, 4.69) is 65.1 Å². The van der Waals surface area contributed by atoms with Crippen LogP contribution in [0.2, 0.25) is 0 Å². The molecule has 5 rings (SSSR count). The number of ether oxygens (including phenoxy) is 1. The van der Waals surface area contributed by atoms with Gasteiger partial charge in [-0.25, -0.2) is 4.79 Å². The summed E-state index contributed by atoms with van der Waals surface area (Å²) in [5, 5.41) is 14.2. The van der Waals surface area contributed by atoms with Crippen LogP contribution in [0.25, 0.3) is 0 Å². The predicted octanol–water partition coefficient (Wildman–Crippen LogP) is 6.87. The molecule has 1 unspecified atom stereocenters. The number of carbonyl (C=O) groups excluding carboxylic acids is 1. The second-order valence-electron chi connectivity index (χ2n) is 13.9. The molecule has 2 heterocycles. The van der Waals surface area contributed by atoms with Crippen LogP contribution in [0.4, 0.5) is 0 Å². The zero-order valence-corrected chi connectivity index (χ0v) is 27.1. The lowest BCUT2D eigenvalue weighted by atomic mass is 9.72. The quantitative estimate of drug-likeness (QED) is 0.308. The number of methoxy groups -OCH3 is 1. The van der Waals surface area contributed by atoms with Crippen molar-refractivity contribution in [2.45, 2.75) is 88.2 Å². The third kappa shape index (κ3) is 6.20. The molecule has 0 aromatic heterocycles. The zero-order chi connectivity index (χ0) is 31.1. The molecule has 2 N–H and O–H groups in total. The van der Waals surface area contributed by atoms with Crippen molar-refractivity contribution in [2.75, 3.05) is 7.11 Å². The van der Waals surface area contributed by atoms with Crippen LogP contribution in [0.3, 0.4) is 0 Å². The third-order valence-corrected chi connectivity index (χ3v) is 10.2. The highest BCUT2D eigenvalue weighted by molar-refractivity contribution is 8.01. The van der Waals surface area contributed by atoms with Gasteiger partial charge in [0.25, 0.3) is 0 Å². The molecular formula is C36H44N2O4S. The number of carbonyl (C=O) groups is 2. The number of nitrogens with zero attached hydrogens (tertiary/aromatic N) is 1. The smallest absolute Gasteiger partial charge is 0.326 e. The number of carboxylic acid groups (broad SMARTS) is 1. The van der Waals surface area contributed by atoms with E-state index in [1.165, 1.54) is 5.56 Å². The Morgan fingerprint density at radius 3 is 2.26 bits per heavy atom. The van der Waals surface area contributed by atoms with Crippen LogP contribution < -0.4 is 10.1 Å². The third-order valence-electron chi connectivity index (χ3n) is 8.91. The summed E-state index contributed by atoms with van der Waals surface area (Å²) in [5.41, 5.74) is 3.83. The van der Waals surface area contributed by atoms with E-state index in [1.54, 1.807) is 23.8 Å². The number of nitrogens with one attached hydrogen (secondary N) is 1. The van der Waals surface area contributed by atoms with Gasteiger partial charge in [-0.05, 0) is 46.1 Å². The van der Waals surface area contributed by atoms with Gasteiger partial charge in [-0.1, -0.05) is 102 Å². The molecule has 0 spiro atoms.